The molecule has 0 saturated carbocycles. The Balaban J connectivity index is 0.00000121. The van der Waals surface area contributed by atoms with Gasteiger partial charge in [0.15, 0.2) is 0 Å². The predicted octanol–water partition coefficient (Wildman–Crippen LogP) is 2.54. The van der Waals surface area contributed by atoms with E-state index in [0.29, 0.717) is 5.92 Å². The van der Waals surface area contributed by atoms with Gasteiger partial charge in [0.05, 0.1) is 0 Å². The van der Waals surface area contributed by atoms with Gasteiger partial charge in [0.25, 0.3) is 0 Å². The molecule has 0 bridgehead atoms. The number of nitrogens with zero attached hydrogens (tertiary/aromatic N) is 1. The molecule has 1 heterocycles. The number of aromatic nitrogens is 1. The Labute approximate surface area is 106 Å². The SMILES string of the molecule is CC.CCC(N)CNCC(C)c1cccnc1. The lowest BCUT2D eigenvalue weighted by Crippen LogP contribution is -2.34. The fourth-order valence-electron chi connectivity index (χ4n) is 1.41. The van der Waals surface area contributed by atoms with E-state index >= 15 is 0 Å². The van der Waals surface area contributed by atoms with Crippen molar-refractivity contribution in [3.8, 4) is 0 Å². The number of hydrogen-bond donors (Lipinski definition) is 2. The Hall–Kier alpha value is -0.930. The Morgan fingerprint density at radius 1 is 1.35 bits per heavy atom. The van der Waals surface area contributed by atoms with Crippen LogP contribution in [0.2, 0.25) is 0 Å². The van der Waals surface area contributed by atoms with Crippen LogP contribution >= 0.6 is 0 Å². The van der Waals surface area contributed by atoms with Gasteiger partial charge < -0.3 is 11.1 Å². The summed E-state index contributed by atoms with van der Waals surface area (Å²) in [6, 6.07) is 4.36. The molecule has 0 radical (unpaired) electrons. The van der Waals surface area contributed by atoms with Gasteiger partial charge in [-0.15, -0.1) is 0 Å². The van der Waals surface area contributed by atoms with E-state index in [0.717, 1.165) is 19.5 Å². The van der Waals surface area contributed by atoms with Crippen LogP contribution in [0.5, 0.6) is 0 Å². The molecule has 0 aliphatic rings. The van der Waals surface area contributed by atoms with Crippen LogP contribution in [0.15, 0.2) is 24.5 Å². The molecular weight excluding hydrogens is 210 g/mol. The molecule has 0 aromatic carbocycles. The monoisotopic (exact) mass is 237 g/mol. The number of hydrogen-bond acceptors (Lipinski definition) is 3. The number of rotatable bonds is 6. The van der Waals surface area contributed by atoms with Gasteiger partial charge in [-0.3, -0.25) is 4.98 Å². The zero-order valence-electron chi connectivity index (χ0n) is 11.6. The highest BCUT2D eigenvalue weighted by Crippen LogP contribution is 2.11. The molecule has 1 aromatic heterocycles. The minimum atomic E-state index is 0.270. The van der Waals surface area contributed by atoms with E-state index in [9.17, 15) is 0 Å². The zero-order chi connectivity index (χ0) is 13.1. The van der Waals surface area contributed by atoms with Gasteiger partial charge in [-0.25, -0.2) is 0 Å². The summed E-state index contributed by atoms with van der Waals surface area (Å²) in [6.45, 7) is 10.2. The van der Waals surface area contributed by atoms with E-state index in [-0.39, 0.29) is 6.04 Å². The molecule has 0 spiro atoms. The Morgan fingerprint density at radius 3 is 2.59 bits per heavy atom. The molecule has 98 valence electrons. The average Bonchev–Trinajstić information content (AvgIpc) is 2.41. The molecule has 0 aliphatic carbocycles. The highest BCUT2D eigenvalue weighted by atomic mass is 14.9. The van der Waals surface area contributed by atoms with Crippen LogP contribution in [0.4, 0.5) is 0 Å². The zero-order valence-corrected chi connectivity index (χ0v) is 11.6. The first-order valence-corrected chi connectivity index (χ1v) is 6.60. The smallest absolute Gasteiger partial charge is 0.0303 e. The molecule has 1 aromatic rings. The van der Waals surface area contributed by atoms with Gasteiger partial charge >= 0.3 is 0 Å². The highest BCUT2D eigenvalue weighted by molar-refractivity contribution is 5.13. The first kappa shape index (κ1) is 16.1. The van der Waals surface area contributed by atoms with Crippen LogP contribution in [-0.4, -0.2) is 24.1 Å². The summed E-state index contributed by atoms with van der Waals surface area (Å²) in [5.74, 6) is 0.489. The van der Waals surface area contributed by atoms with Gasteiger partial charge in [-0.1, -0.05) is 33.8 Å². The van der Waals surface area contributed by atoms with Crippen molar-refractivity contribution >= 4 is 0 Å². The minimum Gasteiger partial charge on any atom is -0.327 e. The van der Waals surface area contributed by atoms with Crippen molar-refractivity contribution in [1.29, 1.82) is 0 Å². The van der Waals surface area contributed by atoms with Crippen LogP contribution in [0.1, 0.15) is 45.6 Å². The second-order valence-corrected chi connectivity index (χ2v) is 4.01. The van der Waals surface area contributed by atoms with Gasteiger partial charge in [0.2, 0.25) is 0 Å². The van der Waals surface area contributed by atoms with Crippen molar-refractivity contribution in [2.45, 2.75) is 46.1 Å². The summed E-state index contributed by atoms with van der Waals surface area (Å²) >= 11 is 0. The summed E-state index contributed by atoms with van der Waals surface area (Å²) in [5, 5.41) is 3.38. The fourth-order valence-corrected chi connectivity index (χ4v) is 1.41. The fraction of sp³-hybridized carbons (Fsp3) is 0.643. The van der Waals surface area contributed by atoms with Crippen LogP contribution < -0.4 is 11.1 Å². The van der Waals surface area contributed by atoms with E-state index in [1.807, 2.05) is 26.1 Å². The first-order chi connectivity index (χ1) is 8.24. The average molecular weight is 237 g/mol. The van der Waals surface area contributed by atoms with Gasteiger partial charge in [-0.05, 0) is 24.0 Å². The molecule has 3 N–H and O–H groups in total. The molecule has 3 nitrogen and oxygen atoms in total. The molecule has 0 aliphatic heterocycles. The molecule has 17 heavy (non-hydrogen) atoms. The van der Waals surface area contributed by atoms with Crippen LogP contribution in [0, 0.1) is 0 Å². The number of pyridine rings is 1. The maximum atomic E-state index is 5.82. The Kier molecular flexibility index (Phi) is 9.68. The minimum absolute atomic E-state index is 0.270. The highest BCUT2D eigenvalue weighted by Gasteiger charge is 2.05. The Morgan fingerprint density at radius 2 is 2.06 bits per heavy atom. The molecular formula is C14H27N3. The largest absolute Gasteiger partial charge is 0.327 e. The standard InChI is InChI=1S/C12H21N3.C2H6/c1-3-12(13)9-15-7-10(2)11-5-4-6-14-8-11;1-2/h4-6,8,10,12,15H,3,7,9,13H2,1-2H3;1-2H3. The number of nitrogens with two attached hydrogens (primary N) is 1. The third-order valence-electron chi connectivity index (χ3n) is 2.63. The van der Waals surface area contributed by atoms with Crippen LogP contribution in [0.25, 0.3) is 0 Å². The lowest BCUT2D eigenvalue weighted by molar-refractivity contribution is 0.539. The van der Waals surface area contributed by atoms with E-state index in [2.05, 4.69) is 30.2 Å². The second-order valence-electron chi connectivity index (χ2n) is 4.01. The molecule has 3 heteroatoms. The van der Waals surface area contributed by atoms with Crippen molar-refractivity contribution in [3.05, 3.63) is 30.1 Å². The molecule has 0 saturated heterocycles. The molecule has 1 rings (SSSR count). The van der Waals surface area contributed by atoms with Gasteiger partial charge in [-0.2, -0.15) is 0 Å². The summed E-state index contributed by atoms with van der Waals surface area (Å²) in [7, 11) is 0. The van der Waals surface area contributed by atoms with E-state index < -0.39 is 0 Å². The predicted molar refractivity (Wildman–Crippen MR) is 75.1 cm³/mol. The summed E-state index contributed by atoms with van der Waals surface area (Å²) < 4.78 is 0. The normalized spacial score (nSPS) is 13.5. The molecule has 0 fully saturated rings. The van der Waals surface area contributed by atoms with Crippen molar-refractivity contribution in [3.63, 3.8) is 0 Å². The maximum absolute atomic E-state index is 5.82. The van der Waals surface area contributed by atoms with Crippen LogP contribution in [0.3, 0.4) is 0 Å². The molecule has 2 unspecified atom stereocenters. The topological polar surface area (TPSA) is 50.9 Å². The third-order valence-corrected chi connectivity index (χ3v) is 2.63. The van der Waals surface area contributed by atoms with Gasteiger partial charge in [0, 0.05) is 31.5 Å². The summed E-state index contributed by atoms with van der Waals surface area (Å²) in [6.07, 6.45) is 4.75. The maximum Gasteiger partial charge on any atom is 0.0303 e. The lowest BCUT2D eigenvalue weighted by atomic mass is 10.0. The molecule has 0 amide bonds. The number of nitrogens with one attached hydrogen (secondary N) is 1. The summed E-state index contributed by atoms with van der Waals surface area (Å²) in [5.41, 5.74) is 7.10. The van der Waals surface area contributed by atoms with E-state index in [1.165, 1.54) is 5.56 Å². The van der Waals surface area contributed by atoms with Crippen LogP contribution in [-0.2, 0) is 0 Å². The second kappa shape index (κ2) is 10.2. The summed E-state index contributed by atoms with van der Waals surface area (Å²) in [4.78, 5) is 4.11. The van der Waals surface area contributed by atoms with E-state index in [4.69, 9.17) is 5.73 Å². The Bertz CT molecular complexity index is 261. The van der Waals surface area contributed by atoms with Crippen molar-refractivity contribution in [1.82, 2.24) is 10.3 Å². The van der Waals surface area contributed by atoms with Gasteiger partial charge in [0.1, 0.15) is 0 Å². The van der Waals surface area contributed by atoms with Crippen molar-refractivity contribution < 1.29 is 0 Å². The van der Waals surface area contributed by atoms with E-state index in [1.54, 1.807) is 6.20 Å². The third kappa shape index (κ3) is 7.08. The lowest BCUT2D eigenvalue weighted by Gasteiger charge is -2.14. The van der Waals surface area contributed by atoms with Crippen molar-refractivity contribution in [2.24, 2.45) is 5.73 Å². The van der Waals surface area contributed by atoms with Crippen molar-refractivity contribution in [2.75, 3.05) is 13.1 Å². The first-order valence-electron chi connectivity index (χ1n) is 6.60. The molecule has 2 atom stereocenters. The quantitative estimate of drug-likeness (QED) is 0.799.